The third-order valence-electron chi connectivity index (χ3n) is 5.43. The van der Waals surface area contributed by atoms with Crippen molar-refractivity contribution in [2.24, 2.45) is 0 Å². The third kappa shape index (κ3) is 4.14. The van der Waals surface area contributed by atoms with Crippen LogP contribution < -0.4 is 4.90 Å². The lowest BCUT2D eigenvalue weighted by molar-refractivity contribution is 0.0705. The van der Waals surface area contributed by atoms with Crippen LogP contribution in [0.1, 0.15) is 46.2 Å². The Balaban J connectivity index is 1.52. The number of rotatable bonds is 3. The molecule has 2 aliphatic heterocycles. The SMILES string of the molecule is Cc1cncc(C(=O)N2CCC[C@H](c3cc(N4CCOCC4)nc(C)n3)C2)c1. The third-order valence-corrected chi connectivity index (χ3v) is 5.43. The van der Waals surface area contributed by atoms with Gasteiger partial charge in [0.25, 0.3) is 5.91 Å². The van der Waals surface area contributed by atoms with E-state index in [1.165, 1.54) is 0 Å². The number of amides is 1. The average Bonchev–Trinajstić information content (AvgIpc) is 2.73. The second-order valence-electron chi connectivity index (χ2n) is 7.64. The molecule has 0 bridgehead atoms. The number of hydrogen-bond acceptors (Lipinski definition) is 6. The number of aryl methyl sites for hydroxylation is 2. The van der Waals surface area contributed by atoms with Crippen molar-refractivity contribution in [3.05, 3.63) is 47.2 Å². The number of nitrogens with zero attached hydrogens (tertiary/aromatic N) is 5. The van der Waals surface area contributed by atoms with Crippen LogP contribution >= 0.6 is 0 Å². The van der Waals surface area contributed by atoms with Gasteiger partial charge in [0.15, 0.2) is 0 Å². The van der Waals surface area contributed by atoms with E-state index in [0.717, 1.165) is 68.6 Å². The number of likely N-dealkylation sites (tertiary alicyclic amines) is 1. The van der Waals surface area contributed by atoms with Crippen LogP contribution in [0.2, 0.25) is 0 Å². The fourth-order valence-corrected chi connectivity index (χ4v) is 4.00. The van der Waals surface area contributed by atoms with Gasteiger partial charge >= 0.3 is 0 Å². The molecule has 28 heavy (non-hydrogen) atoms. The molecule has 0 radical (unpaired) electrons. The molecule has 4 rings (SSSR count). The van der Waals surface area contributed by atoms with E-state index in [0.29, 0.717) is 12.1 Å². The van der Waals surface area contributed by atoms with Gasteiger partial charge < -0.3 is 14.5 Å². The van der Waals surface area contributed by atoms with Crippen molar-refractivity contribution >= 4 is 11.7 Å². The van der Waals surface area contributed by atoms with E-state index < -0.39 is 0 Å². The first-order valence-electron chi connectivity index (χ1n) is 9.99. The molecule has 7 nitrogen and oxygen atoms in total. The molecule has 7 heteroatoms. The molecule has 2 aliphatic rings. The number of aromatic nitrogens is 3. The minimum atomic E-state index is 0.0556. The van der Waals surface area contributed by atoms with Crippen molar-refractivity contribution < 1.29 is 9.53 Å². The molecule has 1 amide bonds. The van der Waals surface area contributed by atoms with Crippen LogP contribution in [-0.4, -0.2) is 65.2 Å². The van der Waals surface area contributed by atoms with Gasteiger partial charge in [-0.3, -0.25) is 9.78 Å². The molecule has 4 heterocycles. The fourth-order valence-electron chi connectivity index (χ4n) is 4.00. The maximum atomic E-state index is 12.9. The van der Waals surface area contributed by atoms with Gasteiger partial charge in [0.1, 0.15) is 11.6 Å². The minimum absolute atomic E-state index is 0.0556. The Kier molecular flexibility index (Phi) is 5.52. The molecule has 2 aromatic rings. The van der Waals surface area contributed by atoms with Gasteiger partial charge in [-0.05, 0) is 38.3 Å². The highest BCUT2D eigenvalue weighted by Crippen LogP contribution is 2.28. The van der Waals surface area contributed by atoms with Crippen LogP contribution in [0.15, 0.2) is 24.5 Å². The zero-order chi connectivity index (χ0) is 19.5. The van der Waals surface area contributed by atoms with E-state index in [1.54, 1.807) is 12.4 Å². The number of carbonyl (C=O) groups excluding carboxylic acids is 1. The number of ether oxygens (including phenoxy) is 1. The number of piperidine rings is 1. The summed E-state index contributed by atoms with van der Waals surface area (Å²) in [5.41, 5.74) is 2.70. The highest BCUT2D eigenvalue weighted by molar-refractivity contribution is 5.94. The highest BCUT2D eigenvalue weighted by atomic mass is 16.5. The fraction of sp³-hybridized carbons (Fsp3) is 0.524. The standard InChI is InChI=1S/C21H27N5O2/c1-15-10-18(13-22-12-15)21(27)26-5-3-4-17(14-26)19-11-20(24-16(2)23-19)25-6-8-28-9-7-25/h10-13,17H,3-9,14H2,1-2H3/t17-/m0/s1. The van der Waals surface area contributed by atoms with Crippen LogP contribution in [0.4, 0.5) is 5.82 Å². The quantitative estimate of drug-likeness (QED) is 0.813. The van der Waals surface area contributed by atoms with Crippen LogP contribution in [0.3, 0.4) is 0 Å². The smallest absolute Gasteiger partial charge is 0.255 e. The van der Waals surface area contributed by atoms with E-state index in [9.17, 15) is 4.79 Å². The van der Waals surface area contributed by atoms with Gasteiger partial charge in [-0.15, -0.1) is 0 Å². The summed E-state index contributed by atoms with van der Waals surface area (Å²) in [5.74, 6) is 2.04. The van der Waals surface area contributed by atoms with Crippen molar-refractivity contribution in [1.29, 1.82) is 0 Å². The predicted molar refractivity (Wildman–Crippen MR) is 107 cm³/mol. The van der Waals surface area contributed by atoms with E-state index in [1.807, 2.05) is 24.8 Å². The Morgan fingerprint density at radius 3 is 2.71 bits per heavy atom. The number of morpholine rings is 1. The molecule has 0 N–H and O–H groups in total. The molecule has 0 aliphatic carbocycles. The zero-order valence-electron chi connectivity index (χ0n) is 16.6. The van der Waals surface area contributed by atoms with E-state index in [2.05, 4.69) is 20.9 Å². The van der Waals surface area contributed by atoms with Crippen molar-refractivity contribution in [2.75, 3.05) is 44.3 Å². The lowest BCUT2D eigenvalue weighted by atomic mass is 9.93. The predicted octanol–water partition coefficient (Wildman–Crippen LogP) is 2.34. The first-order chi connectivity index (χ1) is 13.6. The molecule has 148 valence electrons. The van der Waals surface area contributed by atoms with Gasteiger partial charge in [-0.25, -0.2) is 9.97 Å². The Hall–Kier alpha value is -2.54. The van der Waals surface area contributed by atoms with E-state index >= 15 is 0 Å². The van der Waals surface area contributed by atoms with Crippen molar-refractivity contribution in [1.82, 2.24) is 19.9 Å². The zero-order valence-corrected chi connectivity index (χ0v) is 16.6. The summed E-state index contributed by atoms with van der Waals surface area (Å²) in [5, 5.41) is 0. The lowest BCUT2D eigenvalue weighted by Crippen LogP contribution is -2.40. The average molecular weight is 381 g/mol. The molecule has 2 fully saturated rings. The lowest BCUT2D eigenvalue weighted by Gasteiger charge is -2.33. The van der Waals surface area contributed by atoms with Crippen LogP contribution in [-0.2, 0) is 4.74 Å². The summed E-state index contributed by atoms with van der Waals surface area (Å²) in [6.07, 6.45) is 5.44. The van der Waals surface area contributed by atoms with Gasteiger partial charge in [-0.1, -0.05) is 0 Å². The normalized spacial score (nSPS) is 20.3. The maximum absolute atomic E-state index is 12.9. The Morgan fingerprint density at radius 1 is 1.11 bits per heavy atom. The first-order valence-corrected chi connectivity index (χ1v) is 9.99. The minimum Gasteiger partial charge on any atom is -0.378 e. The van der Waals surface area contributed by atoms with Gasteiger partial charge in [0.2, 0.25) is 0 Å². The molecule has 0 saturated carbocycles. The summed E-state index contributed by atoms with van der Waals surface area (Å²) < 4.78 is 5.45. The number of hydrogen-bond donors (Lipinski definition) is 0. The summed E-state index contributed by atoms with van der Waals surface area (Å²) in [6.45, 7) is 8.53. The second-order valence-corrected chi connectivity index (χ2v) is 7.64. The highest BCUT2D eigenvalue weighted by Gasteiger charge is 2.27. The summed E-state index contributed by atoms with van der Waals surface area (Å²) >= 11 is 0. The number of carbonyl (C=O) groups is 1. The molecular formula is C21H27N5O2. The van der Waals surface area contributed by atoms with Crippen molar-refractivity contribution in [2.45, 2.75) is 32.6 Å². The second kappa shape index (κ2) is 8.22. The van der Waals surface area contributed by atoms with Gasteiger partial charge in [-0.2, -0.15) is 0 Å². The summed E-state index contributed by atoms with van der Waals surface area (Å²) in [6, 6.07) is 4.01. The van der Waals surface area contributed by atoms with Gasteiger partial charge in [0, 0.05) is 50.6 Å². The Bertz CT molecular complexity index is 850. The molecule has 1 atom stereocenters. The van der Waals surface area contributed by atoms with Crippen LogP contribution in [0, 0.1) is 13.8 Å². The molecule has 0 spiro atoms. The van der Waals surface area contributed by atoms with Gasteiger partial charge in [0.05, 0.1) is 24.5 Å². The van der Waals surface area contributed by atoms with Crippen molar-refractivity contribution in [3.8, 4) is 0 Å². The number of anilines is 1. The molecule has 0 unspecified atom stereocenters. The summed E-state index contributed by atoms with van der Waals surface area (Å²) in [4.78, 5) is 30.7. The molecule has 2 aromatic heterocycles. The van der Waals surface area contributed by atoms with Crippen LogP contribution in [0.25, 0.3) is 0 Å². The molecule has 2 saturated heterocycles. The largest absolute Gasteiger partial charge is 0.378 e. The van der Waals surface area contributed by atoms with E-state index in [4.69, 9.17) is 9.72 Å². The Labute approximate surface area is 165 Å². The topological polar surface area (TPSA) is 71.5 Å². The number of pyridine rings is 1. The van der Waals surface area contributed by atoms with E-state index in [-0.39, 0.29) is 11.8 Å². The monoisotopic (exact) mass is 381 g/mol. The summed E-state index contributed by atoms with van der Waals surface area (Å²) in [7, 11) is 0. The molecular weight excluding hydrogens is 354 g/mol. The Morgan fingerprint density at radius 2 is 1.93 bits per heavy atom. The first kappa shape index (κ1) is 18.8. The molecule has 0 aromatic carbocycles. The van der Waals surface area contributed by atoms with Crippen molar-refractivity contribution in [3.63, 3.8) is 0 Å². The maximum Gasteiger partial charge on any atom is 0.255 e. The van der Waals surface area contributed by atoms with Crippen LogP contribution in [0.5, 0.6) is 0 Å².